The molecule has 4 nitrogen and oxygen atoms in total. The number of aryl methyl sites for hydroxylation is 1. The Balaban J connectivity index is 1.43. The zero-order valence-corrected chi connectivity index (χ0v) is 12.6. The minimum Gasteiger partial charge on any atom is -0.497 e. The second-order valence-corrected chi connectivity index (χ2v) is 6.22. The van der Waals surface area contributed by atoms with Crippen LogP contribution in [0.25, 0.3) is 0 Å². The molecule has 2 aliphatic rings. The molecule has 0 radical (unpaired) electrons. The van der Waals surface area contributed by atoms with Gasteiger partial charge in [-0.2, -0.15) is 0 Å². The molecule has 0 saturated carbocycles. The van der Waals surface area contributed by atoms with Gasteiger partial charge in [-0.1, -0.05) is 12.1 Å². The first-order valence-corrected chi connectivity index (χ1v) is 7.91. The molecule has 4 heteroatoms. The number of rotatable bonds is 5. The summed E-state index contributed by atoms with van der Waals surface area (Å²) in [6.45, 7) is 0. The summed E-state index contributed by atoms with van der Waals surface area (Å²) in [7, 11) is 1.66. The largest absolute Gasteiger partial charge is 0.497 e. The van der Waals surface area contributed by atoms with Gasteiger partial charge < -0.3 is 15.4 Å². The Hall–Kier alpha value is -1.55. The monoisotopic (exact) mass is 288 g/mol. The van der Waals surface area contributed by atoms with E-state index in [4.69, 9.17) is 4.74 Å². The molecule has 3 rings (SSSR count). The van der Waals surface area contributed by atoms with E-state index in [1.165, 1.54) is 18.4 Å². The first-order valence-electron chi connectivity index (χ1n) is 7.91. The highest BCUT2D eigenvalue weighted by atomic mass is 16.5. The summed E-state index contributed by atoms with van der Waals surface area (Å²) in [5.74, 6) is 1.03. The van der Waals surface area contributed by atoms with Crippen molar-refractivity contribution in [2.45, 2.75) is 56.7 Å². The number of piperidine rings is 1. The van der Waals surface area contributed by atoms with E-state index in [2.05, 4.69) is 10.6 Å². The summed E-state index contributed by atoms with van der Waals surface area (Å²) in [6, 6.07) is 9.54. The van der Waals surface area contributed by atoms with E-state index in [1.54, 1.807) is 7.11 Å². The average Bonchev–Trinajstić information content (AvgIpc) is 2.84. The molecule has 2 atom stereocenters. The number of ether oxygens (including phenoxy) is 1. The Kier molecular flexibility index (Phi) is 4.44. The molecule has 2 bridgehead atoms. The Morgan fingerprint density at radius 2 is 1.90 bits per heavy atom. The maximum absolute atomic E-state index is 12.1. The van der Waals surface area contributed by atoms with Gasteiger partial charge in [0, 0.05) is 24.5 Å². The summed E-state index contributed by atoms with van der Waals surface area (Å²) in [5.41, 5.74) is 1.18. The van der Waals surface area contributed by atoms with Gasteiger partial charge in [-0.05, 0) is 49.8 Å². The number of carbonyl (C=O) groups is 1. The molecule has 0 aromatic heterocycles. The lowest BCUT2D eigenvalue weighted by Gasteiger charge is -2.29. The van der Waals surface area contributed by atoms with E-state index < -0.39 is 0 Å². The van der Waals surface area contributed by atoms with Gasteiger partial charge in [-0.15, -0.1) is 0 Å². The van der Waals surface area contributed by atoms with Gasteiger partial charge in [-0.3, -0.25) is 4.79 Å². The van der Waals surface area contributed by atoms with Crippen molar-refractivity contribution in [1.29, 1.82) is 0 Å². The van der Waals surface area contributed by atoms with Crippen molar-refractivity contribution < 1.29 is 9.53 Å². The van der Waals surface area contributed by atoms with Crippen LogP contribution in [0.1, 0.15) is 37.7 Å². The van der Waals surface area contributed by atoms with Crippen molar-refractivity contribution in [1.82, 2.24) is 10.6 Å². The molecule has 2 saturated heterocycles. The van der Waals surface area contributed by atoms with Crippen LogP contribution < -0.4 is 15.4 Å². The molecular weight excluding hydrogens is 264 g/mol. The van der Waals surface area contributed by atoms with Gasteiger partial charge in [0.05, 0.1) is 7.11 Å². The fourth-order valence-corrected chi connectivity index (χ4v) is 3.53. The van der Waals surface area contributed by atoms with E-state index in [0.29, 0.717) is 24.5 Å². The van der Waals surface area contributed by atoms with Gasteiger partial charge in [-0.25, -0.2) is 0 Å². The van der Waals surface area contributed by atoms with Crippen LogP contribution in [0.4, 0.5) is 0 Å². The highest BCUT2D eigenvalue weighted by Gasteiger charge is 2.33. The van der Waals surface area contributed by atoms with Crippen LogP contribution in [0, 0.1) is 0 Å². The first kappa shape index (κ1) is 14.4. The minimum absolute atomic E-state index is 0.178. The molecule has 0 aliphatic carbocycles. The maximum Gasteiger partial charge on any atom is 0.220 e. The van der Waals surface area contributed by atoms with E-state index in [1.807, 2.05) is 24.3 Å². The van der Waals surface area contributed by atoms with E-state index in [-0.39, 0.29) is 5.91 Å². The molecule has 2 unspecified atom stereocenters. The average molecular weight is 288 g/mol. The van der Waals surface area contributed by atoms with Crippen molar-refractivity contribution in [3.63, 3.8) is 0 Å². The predicted molar refractivity (Wildman–Crippen MR) is 82.4 cm³/mol. The van der Waals surface area contributed by atoms with Gasteiger partial charge in [0.2, 0.25) is 5.91 Å². The molecule has 2 N–H and O–H groups in total. The summed E-state index contributed by atoms with van der Waals surface area (Å²) in [5, 5.41) is 6.81. The molecule has 1 aromatic carbocycles. The van der Waals surface area contributed by atoms with Crippen molar-refractivity contribution in [2.24, 2.45) is 0 Å². The van der Waals surface area contributed by atoms with E-state index in [0.717, 1.165) is 25.0 Å². The quantitative estimate of drug-likeness (QED) is 0.871. The smallest absolute Gasteiger partial charge is 0.220 e. The van der Waals surface area contributed by atoms with Crippen LogP contribution in [-0.4, -0.2) is 31.1 Å². The number of amides is 1. The molecule has 0 spiro atoms. The van der Waals surface area contributed by atoms with Gasteiger partial charge in [0.25, 0.3) is 0 Å². The Morgan fingerprint density at radius 1 is 1.24 bits per heavy atom. The summed E-state index contributed by atoms with van der Waals surface area (Å²) >= 11 is 0. The fourth-order valence-electron chi connectivity index (χ4n) is 3.53. The second kappa shape index (κ2) is 6.48. The SMILES string of the molecule is COc1ccc(CCC(=O)NC2CC3CCC(C2)N3)cc1. The molecule has 2 heterocycles. The topological polar surface area (TPSA) is 50.4 Å². The standard InChI is InChI=1S/C17H24N2O2/c1-21-16-7-2-12(3-8-16)4-9-17(20)19-15-10-13-5-6-14(11-15)18-13/h2-3,7-8,13-15,18H,4-6,9-11H2,1H3,(H,19,20). The van der Waals surface area contributed by atoms with E-state index >= 15 is 0 Å². The first-order chi connectivity index (χ1) is 10.2. The molecular formula is C17H24N2O2. The summed E-state index contributed by atoms with van der Waals surface area (Å²) in [6.07, 6.45) is 6.06. The Labute approximate surface area is 126 Å². The van der Waals surface area contributed by atoms with Crippen molar-refractivity contribution in [3.05, 3.63) is 29.8 Å². The maximum atomic E-state index is 12.1. The highest BCUT2D eigenvalue weighted by molar-refractivity contribution is 5.76. The lowest BCUT2D eigenvalue weighted by atomic mass is 9.99. The van der Waals surface area contributed by atoms with Crippen LogP contribution in [0.5, 0.6) is 5.75 Å². The number of nitrogens with one attached hydrogen (secondary N) is 2. The molecule has 1 amide bonds. The van der Waals surface area contributed by atoms with Crippen LogP contribution >= 0.6 is 0 Å². The van der Waals surface area contributed by atoms with Gasteiger partial charge in [0.15, 0.2) is 0 Å². The third-order valence-corrected chi connectivity index (χ3v) is 4.64. The Bertz CT molecular complexity index is 474. The summed E-state index contributed by atoms with van der Waals surface area (Å²) < 4.78 is 5.14. The number of methoxy groups -OCH3 is 1. The van der Waals surface area contributed by atoms with Crippen LogP contribution in [0.2, 0.25) is 0 Å². The highest BCUT2D eigenvalue weighted by Crippen LogP contribution is 2.26. The van der Waals surface area contributed by atoms with E-state index in [9.17, 15) is 4.79 Å². The number of carbonyl (C=O) groups excluding carboxylic acids is 1. The molecule has 114 valence electrons. The lowest BCUT2D eigenvalue weighted by molar-refractivity contribution is -0.122. The molecule has 2 fully saturated rings. The molecule has 2 aliphatic heterocycles. The van der Waals surface area contributed by atoms with Crippen LogP contribution in [0.3, 0.4) is 0 Å². The number of benzene rings is 1. The molecule has 21 heavy (non-hydrogen) atoms. The number of hydrogen-bond donors (Lipinski definition) is 2. The van der Waals surface area contributed by atoms with Gasteiger partial charge >= 0.3 is 0 Å². The predicted octanol–water partition coefficient (Wildman–Crippen LogP) is 2.03. The number of hydrogen-bond acceptors (Lipinski definition) is 3. The third kappa shape index (κ3) is 3.76. The third-order valence-electron chi connectivity index (χ3n) is 4.64. The fraction of sp³-hybridized carbons (Fsp3) is 0.588. The molecule has 1 aromatic rings. The Morgan fingerprint density at radius 3 is 2.52 bits per heavy atom. The second-order valence-electron chi connectivity index (χ2n) is 6.22. The van der Waals surface area contributed by atoms with Crippen molar-refractivity contribution in [2.75, 3.05) is 7.11 Å². The lowest BCUT2D eigenvalue weighted by Crippen LogP contribution is -2.48. The van der Waals surface area contributed by atoms with Crippen LogP contribution in [-0.2, 0) is 11.2 Å². The summed E-state index contributed by atoms with van der Waals surface area (Å²) in [4.78, 5) is 12.1. The number of fused-ring (bicyclic) bond motifs is 2. The minimum atomic E-state index is 0.178. The van der Waals surface area contributed by atoms with Crippen molar-refractivity contribution in [3.8, 4) is 5.75 Å². The normalized spacial score (nSPS) is 27.4. The van der Waals surface area contributed by atoms with Gasteiger partial charge in [0.1, 0.15) is 5.75 Å². The van der Waals surface area contributed by atoms with Crippen LogP contribution in [0.15, 0.2) is 24.3 Å². The zero-order chi connectivity index (χ0) is 14.7. The van der Waals surface area contributed by atoms with Crippen molar-refractivity contribution >= 4 is 5.91 Å². The zero-order valence-electron chi connectivity index (χ0n) is 12.6.